The van der Waals surface area contributed by atoms with Crippen molar-refractivity contribution < 1.29 is 4.39 Å². The molecule has 4 rings (SSSR count). The molecule has 134 valence electrons. The van der Waals surface area contributed by atoms with Crippen LogP contribution >= 0.6 is 0 Å². The van der Waals surface area contributed by atoms with Crippen molar-refractivity contribution in [3.63, 3.8) is 0 Å². The maximum Gasteiger partial charge on any atom is 0.123 e. The van der Waals surface area contributed by atoms with Gasteiger partial charge in [-0.05, 0) is 93.5 Å². The topological polar surface area (TPSA) is 33.1 Å². The van der Waals surface area contributed by atoms with Gasteiger partial charge in [-0.3, -0.25) is 4.90 Å². The number of aromatic nitrogens is 2. The maximum atomic E-state index is 13.8. The third kappa shape index (κ3) is 3.93. The van der Waals surface area contributed by atoms with E-state index in [1.165, 1.54) is 44.8 Å². The zero-order valence-electron chi connectivity index (χ0n) is 14.7. The Balaban J connectivity index is 1.41. The monoisotopic (exact) mass is 342 g/mol. The summed E-state index contributed by atoms with van der Waals surface area (Å²) in [7, 11) is 0. The molecule has 2 fully saturated rings. The van der Waals surface area contributed by atoms with Gasteiger partial charge in [-0.15, -0.1) is 0 Å². The molecule has 0 amide bonds. The van der Waals surface area contributed by atoms with Gasteiger partial charge in [0, 0.05) is 18.9 Å². The number of likely N-dealkylation sites (tertiary alicyclic amines) is 1. The second kappa shape index (κ2) is 7.67. The number of nitrogens with zero attached hydrogens (tertiary/aromatic N) is 3. The molecular weight excluding hydrogens is 315 g/mol. The van der Waals surface area contributed by atoms with Crippen LogP contribution in [0.3, 0.4) is 0 Å². The summed E-state index contributed by atoms with van der Waals surface area (Å²) < 4.78 is 15.6. The summed E-state index contributed by atoms with van der Waals surface area (Å²) in [4.78, 5) is 2.47. The van der Waals surface area contributed by atoms with Gasteiger partial charge in [0.15, 0.2) is 0 Å². The summed E-state index contributed by atoms with van der Waals surface area (Å²) >= 11 is 0. The lowest BCUT2D eigenvalue weighted by Gasteiger charge is -2.38. The summed E-state index contributed by atoms with van der Waals surface area (Å²) in [6.45, 7) is 5.39. The van der Waals surface area contributed by atoms with E-state index in [-0.39, 0.29) is 5.82 Å². The first kappa shape index (κ1) is 16.7. The molecule has 2 aliphatic rings. The third-order valence-electron chi connectivity index (χ3n) is 5.87. The minimum atomic E-state index is -0.171. The van der Waals surface area contributed by atoms with Crippen LogP contribution < -0.4 is 5.32 Å². The molecule has 4 nitrogen and oxygen atoms in total. The lowest BCUT2D eigenvalue weighted by molar-refractivity contribution is 0.126. The molecule has 2 saturated heterocycles. The van der Waals surface area contributed by atoms with Crippen LogP contribution in [0, 0.1) is 17.7 Å². The largest absolute Gasteiger partial charge is 0.317 e. The highest BCUT2D eigenvalue weighted by atomic mass is 19.1. The van der Waals surface area contributed by atoms with Crippen LogP contribution in [0.5, 0.6) is 0 Å². The van der Waals surface area contributed by atoms with Crippen molar-refractivity contribution in [2.75, 3.05) is 26.2 Å². The van der Waals surface area contributed by atoms with Gasteiger partial charge >= 0.3 is 0 Å². The fourth-order valence-corrected chi connectivity index (χ4v) is 4.45. The number of halogens is 1. The Labute approximate surface area is 149 Å². The molecule has 1 aromatic carbocycles. The van der Waals surface area contributed by atoms with E-state index < -0.39 is 0 Å². The van der Waals surface area contributed by atoms with Gasteiger partial charge in [-0.2, -0.15) is 5.10 Å². The molecule has 3 heterocycles. The third-order valence-corrected chi connectivity index (χ3v) is 5.87. The molecule has 0 atom stereocenters. The van der Waals surface area contributed by atoms with Gasteiger partial charge in [-0.25, -0.2) is 9.07 Å². The molecule has 2 aromatic rings. The Bertz CT molecular complexity index is 671. The van der Waals surface area contributed by atoms with E-state index in [0.29, 0.717) is 0 Å². The number of nitrogens with one attached hydrogen (secondary N) is 1. The van der Waals surface area contributed by atoms with Crippen molar-refractivity contribution in [3.8, 4) is 5.69 Å². The number of benzene rings is 1. The molecule has 0 bridgehead atoms. The Hall–Kier alpha value is -1.72. The quantitative estimate of drug-likeness (QED) is 0.926. The summed E-state index contributed by atoms with van der Waals surface area (Å²) in [5, 5.41) is 7.78. The van der Waals surface area contributed by atoms with Crippen molar-refractivity contribution in [2.45, 2.75) is 32.2 Å². The number of hydrogen-bond donors (Lipinski definition) is 1. The molecule has 0 radical (unpaired) electrons. The van der Waals surface area contributed by atoms with Crippen molar-refractivity contribution in [2.24, 2.45) is 11.8 Å². The highest BCUT2D eigenvalue weighted by Crippen LogP contribution is 2.31. The van der Waals surface area contributed by atoms with Crippen LogP contribution in [-0.2, 0) is 6.54 Å². The van der Waals surface area contributed by atoms with E-state index in [1.54, 1.807) is 12.3 Å². The smallest absolute Gasteiger partial charge is 0.123 e. The van der Waals surface area contributed by atoms with Crippen LogP contribution in [-0.4, -0.2) is 40.9 Å². The molecule has 0 aliphatic carbocycles. The second-order valence-corrected chi connectivity index (χ2v) is 7.42. The van der Waals surface area contributed by atoms with Crippen LogP contribution in [0.15, 0.2) is 36.7 Å². The molecule has 5 heteroatoms. The van der Waals surface area contributed by atoms with Crippen molar-refractivity contribution in [3.05, 3.63) is 48.0 Å². The van der Waals surface area contributed by atoms with E-state index in [1.807, 2.05) is 23.0 Å². The van der Waals surface area contributed by atoms with Gasteiger partial charge < -0.3 is 5.32 Å². The lowest BCUT2D eigenvalue weighted by Crippen LogP contribution is -2.39. The predicted molar refractivity (Wildman–Crippen MR) is 97.1 cm³/mol. The van der Waals surface area contributed by atoms with Crippen LogP contribution in [0.1, 0.15) is 31.2 Å². The van der Waals surface area contributed by atoms with Crippen LogP contribution in [0.2, 0.25) is 0 Å². The fraction of sp³-hybridized carbons (Fsp3) is 0.550. The summed E-state index contributed by atoms with van der Waals surface area (Å²) in [6.07, 6.45) is 8.89. The molecule has 1 N–H and O–H groups in total. The average Bonchev–Trinajstić information content (AvgIpc) is 3.18. The maximum absolute atomic E-state index is 13.8. The Morgan fingerprint density at radius 2 is 1.84 bits per heavy atom. The van der Waals surface area contributed by atoms with E-state index in [0.717, 1.165) is 42.7 Å². The van der Waals surface area contributed by atoms with Gasteiger partial charge in [0.2, 0.25) is 0 Å². The normalized spacial score (nSPS) is 20.8. The first-order valence-corrected chi connectivity index (χ1v) is 9.51. The van der Waals surface area contributed by atoms with Gasteiger partial charge in [-0.1, -0.05) is 0 Å². The second-order valence-electron chi connectivity index (χ2n) is 7.42. The van der Waals surface area contributed by atoms with Crippen molar-refractivity contribution >= 4 is 0 Å². The zero-order valence-corrected chi connectivity index (χ0v) is 14.7. The average molecular weight is 342 g/mol. The fourth-order valence-electron chi connectivity index (χ4n) is 4.45. The lowest BCUT2D eigenvalue weighted by atomic mass is 9.79. The number of hydrogen-bond acceptors (Lipinski definition) is 3. The summed E-state index contributed by atoms with van der Waals surface area (Å²) in [5.74, 6) is 1.60. The van der Waals surface area contributed by atoms with Crippen molar-refractivity contribution in [1.82, 2.24) is 20.0 Å². The predicted octanol–water partition coefficient (Wildman–Crippen LogP) is 3.22. The highest BCUT2D eigenvalue weighted by Gasteiger charge is 2.27. The molecular formula is C20H27FN4. The SMILES string of the molecule is Fc1ccc(-n2cccn2)c(CN2CCC(C3CCNCC3)CC2)c1. The Morgan fingerprint density at radius 1 is 1.08 bits per heavy atom. The molecule has 1 aromatic heterocycles. The van der Waals surface area contributed by atoms with E-state index in [2.05, 4.69) is 15.3 Å². The van der Waals surface area contributed by atoms with Gasteiger partial charge in [0.05, 0.1) is 5.69 Å². The molecule has 2 aliphatic heterocycles. The van der Waals surface area contributed by atoms with E-state index >= 15 is 0 Å². The minimum absolute atomic E-state index is 0.171. The number of piperidine rings is 2. The Morgan fingerprint density at radius 3 is 2.56 bits per heavy atom. The Kier molecular flexibility index (Phi) is 5.13. The minimum Gasteiger partial charge on any atom is -0.317 e. The summed E-state index contributed by atoms with van der Waals surface area (Å²) in [5.41, 5.74) is 2.00. The van der Waals surface area contributed by atoms with Crippen LogP contribution in [0.4, 0.5) is 4.39 Å². The van der Waals surface area contributed by atoms with E-state index in [4.69, 9.17) is 0 Å². The van der Waals surface area contributed by atoms with Gasteiger partial charge in [0.1, 0.15) is 5.82 Å². The number of rotatable bonds is 4. The van der Waals surface area contributed by atoms with E-state index in [9.17, 15) is 4.39 Å². The molecule has 0 spiro atoms. The molecule has 0 unspecified atom stereocenters. The molecule has 25 heavy (non-hydrogen) atoms. The van der Waals surface area contributed by atoms with Gasteiger partial charge in [0.25, 0.3) is 0 Å². The van der Waals surface area contributed by atoms with Crippen LogP contribution in [0.25, 0.3) is 5.69 Å². The standard InChI is InChI=1S/C20H27FN4/c21-19-2-3-20(25-11-1-8-23-25)18(14-19)15-24-12-6-17(7-13-24)16-4-9-22-10-5-16/h1-3,8,11,14,16-17,22H,4-7,9-10,12-13,15H2. The first-order chi connectivity index (χ1) is 12.3. The van der Waals surface area contributed by atoms with Crippen molar-refractivity contribution in [1.29, 1.82) is 0 Å². The highest BCUT2D eigenvalue weighted by molar-refractivity contribution is 5.40. The first-order valence-electron chi connectivity index (χ1n) is 9.51. The summed E-state index contributed by atoms with van der Waals surface area (Å²) in [6, 6.07) is 6.91. The molecule has 0 saturated carbocycles. The zero-order chi connectivity index (χ0) is 17.1.